The van der Waals surface area contributed by atoms with E-state index in [-0.39, 0.29) is 12.7 Å². The number of rotatable bonds is 6. The van der Waals surface area contributed by atoms with E-state index in [1.807, 2.05) is 0 Å². The molecule has 0 spiro atoms. The molecule has 1 heterocycles. The van der Waals surface area contributed by atoms with Crippen molar-refractivity contribution < 1.29 is 22.6 Å². The van der Waals surface area contributed by atoms with Gasteiger partial charge in [0.2, 0.25) is 0 Å². The third-order valence-corrected chi connectivity index (χ3v) is 2.30. The molecule has 0 aliphatic carbocycles. The fraction of sp³-hybridized carbons (Fsp3) is 1.00. The van der Waals surface area contributed by atoms with Crippen LogP contribution in [0.1, 0.15) is 38.5 Å². The highest BCUT2D eigenvalue weighted by atomic mass is 19.4. The lowest BCUT2D eigenvalue weighted by Gasteiger charge is -2.10. The molecule has 0 radical (unpaired) electrons. The highest BCUT2D eigenvalue weighted by Crippen LogP contribution is 2.22. The summed E-state index contributed by atoms with van der Waals surface area (Å²) >= 11 is 0. The molecule has 0 saturated carbocycles. The predicted molar refractivity (Wildman–Crippen MR) is 49.4 cm³/mol. The maximum Gasteiger partial charge on any atom is 0.389 e. The van der Waals surface area contributed by atoms with Gasteiger partial charge in [-0.3, -0.25) is 0 Å². The van der Waals surface area contributed by atoms with Crippen LogP contribution in [0.4, 0.5) is 13.2 Å². The molecule has 0 amide bonds. The molecule has 1 unspecified atom stereocenters. The zero-order valence-corrected chi connectivity index (χ0v) is 8.68. The van der Waals surface area contributed by atoms with Crippen LogP contribution >= 0.6 is 0 Å². The molecule has 1 aliphatic heterocycles. The van der Waals surface area contributed by atoms with Crippen LogP contribution in [0.15, 0.2) is 0 Å². The summed E-state index contributed by atoms with van der Waals surface area (Å²) < 4.78 is 45.8. The van der Waals surface area contributed by atoms with Gasteiger partial charge in [0.05, 0.1) is 0 Å². The van der Waals surface area contributed by atoms with Crippen LogP contribution in [0.2, 0.25) is 0 Å². The van der Waals surface area contributed by atoms with Crippen molar-refractivity contribution in [3.05, 3.63) is 0 Å². The van der Waals surface area contributed by atoms with Crippen LogP contribution in [0.5, 0.6) is 0 Å². The molecule has 0 aromatic rings. The van der Waals surface area contributed by atoms with Crippen molar-refractivity contribution in [2.75, 3.05) is 13.2 Å². The first-order valence-electron chi connectivity index (χ1n) is 5.38. The fourth-order valence-corrected chi connectivity index (χ4v) is 1.50. The van der Waals surface area contributed by atoms with Crippen LogP contribution in [0, 0.1) is 0 Å². The second-order valence-corrected chi connectivity index (χ2v) is 3.74. The molecule has 0 aromatic carbocycles. The quantitative estimate of drug-likeness (QED) is 0.647. The molecular weight excluding hydrogens is 209 g/mol. The second-order valence-electron chi connectivity index (χ2n) is 3.74. The Morgan fingerprint density at radius 1 is 1.20 bits per heavy atom. The molecule has 90 valence electrons. The summed E-state index contributed by atoms with van der Waals surface area (Å²) in [6, 6.07) is 0. The lowest BCUT2D eigenvalue weighted by atomic mass is 10.2. The molecular formula is C10H17F3O2. The molecule has 2 nitrogen and oxygen atoms in total. The van der Waals surface area contributed by atoms with Crippen molar-refractivity contribution in [1.29, 1.82) is 0 Å². The summed E-state index contributed by atoms with van der Waals surface area (Å²) in [6.45, 7) is 1.24. The van der Waals surface area contributed by atoms with E-state index in [2.05, 4.69) is 0 Å². The average molecular weight is 226 g/mol. The summed E-state index contributed by atoms with van der Waals surface area (Å²) in [7, 11) is 0. The zero-order valence-electron chi connectivity index (χ0n) is 8.68. The molecule has 0 bridgehead atoms. The first-order chi connectivity index (χ1) is 7.08. The van der Waals surface area contributed by atoms with E-state index < -0.39 is 12.6 Å². The van der Waals surface area contributed by atoms with E-state index in [1.165, 1.54) is 0 Å². The molecule has 15 heavy (non-hydrogen) atoms. The third kappa shape index (κ3) is 6.73. The van der Waals surface area contributed by atoms with Crippen molar-refractivity contribution >= 4 is 0 Å². The van der Waals surface area contributed by atoms with Gasteiger partial charge in [0, 0.05) is 26.1 Å². The minimum atomic E-state index is -4.02. The maximum absolute atomic E-state index is 11.8. The first kappa shape index (κ1) is 12.8. The smallest absolute Gasteiger partial charge is 0.353 e. The monoisotopic (exact) mass is 226 g/mol. The second kappa shape index (κ2) is 6.33. The van der Waals surface area contributed by atoms with Crippen molar-refractivity contribution in [2.45, 2.75) is 51.0 Å². The Balaban J connectivity index is 1.84. The Hall–Kier alpha value is -0.290. The lowest BCUT2D eigenvalue weighted by molar-refractivity contribution is -0.136. The zero-order chi connectivity index (χ0) is 11.1. The van der Waals surface area contributed by atoms with Gasteiger partial charge in [-0.05, 0) is 19.3 Å². The van der Waals surface area contributed by atoms with Crippen LogP contribution < -0.4 is 0 Å². The maximum atomic E-state index is 11.8. The van der Waals surface area contributed by atoms with E-state index in [1.54, 1.807) is 0 Å². The van der Waals surface area contributed by atoms with Gasteiger partial charge in [-0.1, -0.05) is 6.42 Å². The van der Waals surface area contributed by atoms with Crippen LogP contribution in [-0.4, -0.2) is 25.7 Å². The molecule has 1 atom stereocenters. The minimum absolute atomic E-state index is 0.118. The van der Waals surface area contributed by atoms with E-state index in [0.29, 0.717) is 19.4 Å². The Morgan fingerprint density at radius 2 is 2.00 bits per heavy atom. The van der Waals surface area contributed by atoms with Gasteiger partial charge >= 0.3 is 6.18 Å². The van der Waals surface area contributed by atoms with Gasteiger partial charge in [-0.2, -0.15) is 13.2 Å². The topological polar surface area (TPSA) is 18.5 Å². The van der Waals surface area contributed by atoms with E-state index in [4.69, 9.17) is 9.47 Å². The number of unbranched alkanes of at least 4 members (excludes halogenated alkanes) is 2. The number of halogens is 3. The SMILES string of the molecule is FC(F)(F)CCCCCOC1CCCO1. The summed E-state index contributed by atoms with van der Waals surface area (Å²) in [4.78, 5) is 0. The lowest BCUT2D eigenvalue weighted by Crippen LogP contribution is -2.11. The minimum Gasteiger partial charge on any atom is -0.353 e. The normalized spacial score (nSPS) is 22.2. The van der Waals surface area contributed by atoms with Gasteiger partial charge in [0.1, 0.15) is 0 Å². The van der Waals surface area contributed by atoms with Crippen molar-refractivity contribution in [3.63, 3.8) is 0 Å². The molecule has 1 fully saturated rings. The van der Waals surface area contributed by atoms with Gasteiger partial charge in [0.25, 0.3) is 0 Å². The third-order valence-electron chi connectivity index (χ3n) is 2.30. The molecule has 0 N–H and O–H groups in total. The van der Waals surface area contributed by atoms with Crippen LogP contribution in [-0.2, 0) is 9.47 Å². The summed E-state index contributed by atoms with van der Waals surface area (Å²) in [5.74, 6) is 0. The summed E-state index contributed by atoms with van der Waals surface area (Å²) in [5, 5.41) is 0. The molecule has 1 rings (SSSR count). The van der Waals surface area contributed by atoms with Gasteiger partial charge in [-0.25, -0.2) is 0 Å². The van der Waals surface area contributed by atoms with Gasteiger partial charge in [-0.15, -0.1) is 0 Å². The Labute approximate surface area is 87.7 Å². The fourth-order valence-electron chi connectivity index (χ4n) is 1.50. The predicted octanol–water partition coefficient (Wildman–Crippen LogP) is 3.26. The van der Waals surface area contributed by atoms with E-state index >= 15 is 0 Å². The standard InChI is InChI=1S/C10H17F3O2/c11-10(12,13)6-2-1-3-7-14-9-5-4-8-15-9/h9H,1-8H2. The molecule has 5 heteroatoms. The summed E-state index contributed by atoms with van der Waals surface area (Å²) in [6.07, 6.45) is -1.47. The largest absolute Gasteiger partial charge is 0.389 e. The van der Waals surface area contributed by atoms with Crippen molar-refractivity contribution in [1.82, 2.24) is 0 Å². The van der Waals surface area contributed by atoms with E-state index in [9.17, 15) is 13.2 Å². The number of alkyl halides is 3. The summed E-state index contributed by atoms with van der Waals surface area (Å²) in [5.41, 5.74) is 0. The van der Waals surface area contributed by atoms with E-state index in [0.717, 1.165) is 19.4 Å². The van der Waals surface area contributed by atoms with Gasteiger partial charge < -0.3 is 9.47 Å². The molecule has 0 aromatic heterocycles. The highest BCUT2D eigenvalue weighted by molar-refractivity contribution is 4.55. The van der Waals surface area contributed by atoms with Crippen molar-refractivity contribution in [3.8, 4) is 0 Å². The first-order valence-corrected chi connectivity index (χ1v) is 5.38. The Morgan fingerprint density at radius 3 is 2.60 bits per heavy atom. The highest BCUT2D eigenvalue weighted by Gasteiger charge is 2.25. The van der Waals surface area contributed by atoms with Gasteiger partial charge in [0.15, 0.2) is 6.29 Å². The number of hydrogen-bond donors (Lipinski definition) is 0. The molecule has 1 saturated heterocycles. The number of ether oxygens (including phenoxy) is 2. The van der Waals surface area contributed by atoms with Crippen molar-refractivity contribution in [2.24, 2.45) is 0 Å². The number of hydrogen-bond acceptors (Lipinski definition) is 2. The van der Waals surface area contributed by atoms with Crippen LogP contribution in [0.3, 0.4) is 0 Å². The average Bonchev–Trinajstić information content (AvgIpc) is 2.61. The molecule has 1 aliphatic rings. The van der Waals surface area contributed by atoms with Crippen LogP contribution in [0.25, 0.3) is 0 Å². The Bertz CT molecular complexity index is 165. The Kier molecular flexibility index (Phi) is 5.39.